The fourth-order valence-corrected chi connectivity index (χ4v) is 7.45. The van der Waals surface area contributed by atoms with Gasteiger partial charge in [0, 0.05) is 6.42 Å². The van der Waals surface area contributed by atoms with Crippen LogP contribution in [0.2, 0.25) is 0 Å². The Morgan fingerprint density at radius 3 is 1.10 bits per heavy atom. The molecule has 0 aromatic heterocycles. The first kappa shape index (κ1) is 56.8. The molecule has 0 aromatic rings. The lowest BCUT2D eigenvalue weighted by atomic mass is 10.0. The largest absolute Gasteiger partial charge is 0.394 e. The molecule has 0 aliphatic carbocycles. The Morgan fingerprint density at radius 2 is 0.712 bits per heavy atom. The van der Waals surface area contributed by atoms with Crippen LogP contribution in [0.5, 0.6) is 0 Å². The van der Waals surface area contributed by atoms with Crippen LogP contribution in [0.4, 0.5) is 0 Å². The first-order chi connectivity index (χ1) is 29.2. The topological polar surface area (TPSA) is 69.6 Å². The minimum absolute atomic E-state index is 0.0862. The molecule has 0 saturated heterocycles. The van der Waals surface area contributed by atoms with Crippen LogP contribution in [-0.4, -0.2) is 34.9 Å². The van der Waals surface area contributed by atoms with E-state index in [0.717, 1.165) is 57.8 Å². The van der Waals surface area contributed by atoms with E-state index in [2.05, 4.69) is 79.9 Å². The molecule has 0 saturated carbocycles. The summed E-state index contributed by atoms with van der Waals surface area (Å²) in [6, 6.07) is -0.654. The van der Waals surface area contributed by atoms with Gasteiger partial charge in [-0.3, -0.25) is 4.79 Å². The Kier molecular flexibility index (Phi) is 48.3. The minimum Gasteiger partial charge on any atom is -0.394 e. The molecule has 0 spiro atoms. The van der Waals surface area contributed by atoms with Gasteiger partial charge in [0.05, 0.1) is 18.8 Å². The second-order valence-corrected chi connectivity index (χ2v) is 17.2. The SMILES string of the molecule is CCCCCCC/C=C\C/C=C\C/C=C\CCCCCCCCCCC(=O)NC(CO)C(O)/C=C/CC/C=C/CC/C=C/CCCCCCCCCCCCCCCC. The zero-order valence-corrected chi connectivity index (χ0v) is 39.3. The summed E-state index contributed by atoms with van der Waals surface area (Å²) >= 11 is 0. The van der Waals surface area contributed by atoms with E-state index in [4.69, 9.17) is 0 Å². The molecule has 0 aliphatic rings. The smallest absolute Gasteiger partial charge is 0.220 e. The molecule has 4 heteroatoms. The third-order valence-corrected chi connectivity index (χ3v) is 11.4. The molecule has 0 aliphatic heterocycles. The van der Waals surface area contributed by atoms with E-state index in [0.29, 0.717) is 6.42 Å². The van der Waals surface area contributed by atoms with Gasteiger partial charge in [-0.25, -0.2) is 0 Å². The zero-order valence-electron chi connectivity index (χ0n) is 39.3. The normalized spacial score (nSPS) is 13.5. The Hall–Kier alpha value is -2.17. The maximum absolute atomic E-state index is 12.4. The molecule has 0 aromatic carbocycles. The fourth-order valence-electron chi connectivity index (χ4n) is 7.45. The predicted molar refractivity (Wildman–Crippen MR) is 262 cm³/mol. The monoisotopic (exact) mass is 822 g/mol. The third kappa shape index (κ3) is 46.7. The van der Waals surface area contributed by atoms with Crippen LogP contribution < -0.4 is 5.32 Å². The highest BCUT2D eigenvalue weighted by Gasteiger charge is 2.17. The molecule has 0 fully saturated rings. The van der Waals surface area contributed by atoms with Gasteiger partial charge in [-0.1, -0.05) is 234 Å². The summed E-state index contributed by atoms with van der Waals surface area (Å²) in [4.78, 5) is 12.4. The van der Waals surface area contributed by atoms with E-state index < -0.39 is 12.1 Å². The number of hydrogen-bond acceptors (Lipinski definition) is 3. The van der Waals surface area contributed by atoms with Gasteiger partial charge >= 0.3 is 0 Å². The van der Waals surface area contributed by atoms with Crippen LogP contribution in [-0.2, 0) is 4.79 Å². The Bertz CT molecular complexity index is 1020. The van der Waals surface area contributed by atoms with Gasteiger partial charge in [0.2, 0.25) is 5.91 Å². The number of amides is 1. The van der Waals surface area contributed by atoms with Crippen LogP contribution in [0.25, 0.3) is 0 Å². The second kappa shape index (κ2) is 50.2. The molecule has 0 bridgehead atoms. The molecular formula is C55H99NO3. The maximum atomic E-state index is 12.4. The predicted octanol–water partition coefficient (Wildman–Crippen LogP) is 16.6. The van der Waals surface area contributed by atoms with Crippen molar-refractivity contribution in [2.75, 3.05) is 6.61 Å². The summed E-state index contributed by atoms with van der Waals surface area (Å²) in [5, 5.41) is 23.1. The van der Waals surface area contributed by atoms with Gasteiger partial charge < -0.3 is 15.5 Å². The first-order valence-corrected chi connectivity index (χ1v) is 25.7. The van der Waals surface area contributed by atoms with Crippen molar-refractivity contribution < 1.29 is 15.0 Å². The summed E-state index contributed by atoms with van der Waals surface area (Å²) < 4.78 is 0. The number of hydrogen-bond donors (Lipinski definition) is 3. The van der Waals surface area contributed by atoms with Gasteiger partial charge in [0.1, 0.15) is 0 Å². The molecule has 4 nitrogen and oxygen atoms in total. The van der Waals surface area contributed by atoms with Crippen molar-refractivity contribution in [1.82, 2.24) is 5.32 Å². The molecule has 342 valence electrons. The highest BCUT2D eigenvalue weighted by Crippen LogP contribution is 2.15. The summed E-state index contributed by atoms with van der Waals surface area (Å²) in [6.45, 7) is 4.29. The maximum Gasteiger partial charge on any atom is 0.220 e. The van der Waals surface area contributed by atoms with Gasteiger partial charge in [0.15, 0.2) is 0 Å². The lowest BCUT2D eigenvalue weighted by Crippen LogP contribution is -2.45. The lowest BCUT2D eigenvalue weighted by molar-refractivity contribution is -0.123. The van der Waals surface area contributed by atoms with Crippen molar-refractivity contribution in [1.29, 1.82) is 0 Å². The van der Waals surface area contributed by atoms with E-state index in [1.165, 1.54) is 173 Å². The summed E-state index contributed by atoms with van der Waals surface area (Å²) in [7, 11) is 0. The number of nitrogens with one attached hydrogen (secondary N) is 1. The van der Waals surface area contributed by atoms with Crippen molar-refractivity contribution in [3.05, 3.63) is 72.9 Å². The van der Waals surface area contributed by atoms with E-state index >= 15 is 0 Å². The summed E-state index contributed by atoms with van der Waals surface area (Å²) in [5.41, 5.74) is 0. The van der Waals surface area contributed by atoms with Crippen molar-refractivity contribution >= 4 is 5.91 Å². The van der Waals surface area contributed by atoms with E-state index in [1.54, 1.807) is 6.08 Å². The van der Waals surface area contributed by atoms with Crippen molar-refractivity contribution in [3.63, 3.8) is 0 Å². The molecule has 3 N–H and O–H groups in total. The minimum atomic E-state index is -0.878. The number of carbonyl (C=O) groups excluding carboxylic acids is 1. The molecule has 0 radical (unpaired) electrons. The van der Waals surface area contributed by atoms with Gasteiger partial charge in [-0.2, -0.15) is 0 Å². The first-order valence-electron chi connectivity index (χ1n) is 25.7. The van der Waals surface area contributed by atoms with Crippen molar-refractivity contribution in [3.8, 4) is 0 Å². The van der Waals surface area contributed by atoms with Gasteiger partial charge in [-0.05, 0) is 83.5 Å². The van der Waals surface area contributed by atoms with Crippen LogP contribution in [0.15, 0.2) is 72.9 Å². The van der Waals surface area contributed by atoms with E-state index in [-0.39, 0.29) is 12.5 Å². The van der Waals surface area contributed by atoms with Crippen molar-refractivity contribution in [2.45, 2.75) is 264 Å². The summed E-state index contributed by atoms with van der Waals surface area (Å²) in [6.07, 6.45) is 71.8. The number of carbonyl (C=O) groups is 1. The standard InChI is InChI=1S/C55H99NO3/c1-3-5-7-9-11-13-15-17-19-21-23-25-27-29-30-32-34-36-38-40-42-44-46-48-50-54(58)53(52-57)56-55(59)51-49-47-45-43-41-39-37-35-33-31-28-26-24-22-20-18-16-14-12-10-8-6-4-2/h16,18,22,24,28,31-32,34,40,42,48,50,53-54,57-58H,3-15,17,19-21,23,25-27,29-30,33,35-39,41,43-47,49,51-52H2,1-2H3,(H,56,59)/b18-16-,24-22-,31-28-,34-32+,42-40+,50-48+. The highest BCUT2D eigenvalue weighted by molar-refractivity contribution is 5.76. The number of unbranched alkanes of at least 4 members (excludes halogenated alkanes) is 29. The molecule has 2 atom stereocenters. The fraction of sp³-hybridized carbons (Fsp3) is 0.764. The molecule has 0 rings (SSSR count). The van der Waals surface area contributed by atoms with Crippen LogP contribution in [0.3, 0.4) is 0 Å². The molecule has 59 heavy (non-hydrogen) atoms. The quantitative estimate of drug-likeness (QED) is 0.0423. The third-order valence-electron chi connectivity index (χ3n) is 11.4. The van der Waals surface area contributed by atoms with E-state index in [1.807, 2.05) is 6.08 Å². The van der Waals surface area contributed by atoms with E-state index in [9.17, 15) is 15.0 Å². The van der Waals surface area contributed by atoms with Crippen LogP contribution in [0, 0.1) is 0 Å². The van der Waals surface area contributed by atoms with Gasteiger partial charge in [0.25, 0.3) is 0 Å². The molecule has 0 heterocycles. The molecule has 1 amide bonds. The second-order valence-electron chi connectivity index (χ2n) is 17.2. The van der Waals surface area contributed by atoms with Gasteiger partial charge in [-0.15, -0.1) is 0 Å². The van der Waals surface area contributed by atoms with Crippen molar-refractivity contribution in [2.24, 2.45) is 0 Å². The average molecular weight is 822 g/mol. The zero-order chi connectivity index (χ0) is 42.8. The molecule has 2 unspecified atom stereocenters. The lowest BCUT2D eigenvalue weighted by Gasteiger charge is -2.19. The number of aliphatic hydroxyl groups is 2. The van der Waals surface area contributed by atoms with Crippen LogP contribution in [0.1, 0.15) is 251 Å². The molecular weight excluding hydrogens is 723 g/mol. The number of aliphatic hydroxyl groups excluding tert-OH is 2. The number of rotatable bonds is 46. The number of allylic oxidation sites excluding steroid dienone is 11. The Morgan fingerprint density at radius 1 is 0.407 bits per heavy atom. The van der Waals surface area contributed by atoms with Crippen LogP contribution >= 0.6 is 0 Å². The Labute approximate surface area is 368 Å². The average Bonchev–Trinajstić information content (AvgIpc) is 3.24. The summed E-state index contributed by atoms with van der Waals surface area (Å²) in [5.74, 6) is -0.0862. The Balaban J connectivity index is 3.64. The highest BCUT2D eigenvalue weighted by atomic mass is 16.3.